The summed E-state index contributed by atoms with van der Waals surface area (Å²) in [6.45, 7) is 1.56. The Labute approximate surface area is 198 Å². The smallest absolute Gasteiger partial charge is 0.268 e. The van der Waals surface area contributed by atoms with Crippen molar-refractivity contribution in [1.29, 1.82) is 0 Å². The van der Waals surface area contributed by atoms with E-state index in [2.05, 4.69) is 22.4 Å². The summed E-state index contributed by atoms with van der Waals surface area (Å²) in [7, 11) is 0. The zero-order valence-corrected chi connectivity index (χ0v) is 19.4. The molecule has 166 valence electrons. The third kappa shape index (κ3) is 4.64. The summed E-state index contributed by atoms with van der Waals surface area (Å²) in [5.74, 6) is -0.0211. The Balaban J connectivity index is 1.40. The van der Waals surface area contributed by atoms with Crippen LogP contribution in [-0.2, 0) is 16.0 Å². The van der Waals surface area contributed by atoms with Crippen LogP contribution in [0.25, 0.3) is 11.3 Å². The van der Waals surface area contributed by atoms with Crippen LogP contribution in [0.3, 0.4) is 0 Å². The topological polar surface area (TPSA) is 84.4 Å². The number of hydrogen-bond acceptors (Lipinski definition) is 7. The highest BCUT2D eigenvalue weighted by Gasteiger charge is 2.33. The van der Waals surface area contributed by atoms with Crippen LogP contribution in [0.2, 0.25) is 0 Å². The second-order valence-corrected chi connectivity index (χ2v) is 9.38. The molecule has 2 aromatic carbocycles. The minimum absolute atomic E-state index is 0.126. The molecule has 2 amide bonds. The Kier molecular flexibility index (Phi) is 5.89. The van der Waals surface area contributed by atoms with E-state index in [9.17, 15) is 9.59 Å². The zero-order chi connectivity index (χ0) is 22.8. The van der Waals surface area contributed by atoms with Crippen molar-refractivity contribution in [1.82, 2.24) is 9.97 Å². The molecule has 3 heterocycles. The van der Waals surface area contributed by atoms with E-state index in [4.69, 9.17) is 9.72 Å². The normalized spacial score (nSPS) is 15.1. The Morgan fingerprint density at radius 2 is 2.03 bits per heavy atom. The first-order chi connectivity index (χ1) is 16.1. The van der Waals surface area contributed by atoms with Gasteiger partial charge in [0.1, 0.15) is 12.3 Å². The summed E-state index contributed by atoms with van der Waals surface area (Å²) in [4.78, 5) is 35.8. The van der Waals surface area contributed by atoms with Gasteiger partial charge in [-0.25, -0.2) is 9.97 Å². The summed E-state index contributed by atoms with van der Waals surface area (Å²) < 4.78 is 5.79. The van der Waals surface area contributed by atoms with E-state index >= 15 is 0 Å². The molecule has 1 atom stereocenters. The minimum Gasteiger partial charge on any atom is -0.479 e. The van der Waals surface area contributed by atoms with Gasteiger partial charge < -0.3 is 10.1 Å². The molecule has 7 nitrogen and oxygen atoms in total. The molecule has 0 fully saturated rings. The van der Waals surface area contributed by atoms with Crippen molar-refractivity contribution in [3.8, 4) is 17.0 Å². The van der Waals surface area contributed by atoms with E-state index in [0.717, 1.165) is 22.7 Å². The fraction of sp³-hybridized carbons (Fsp3) is 0.167. The number of benzene rings is 2. The lowest BCUT2D eigenvalue weighted by molar-refractivity contribution is -0.127. The second kappa shape index (κ2) is 9.13. The predicted octanol–water partition coefficient (Wildman–Crippen LogP) is 4.61. The third-order valence-corrected chi connectivity index (χ3v) is 6.73. The van der Waals surface area contributed by atoms with E-state index in [1.165, 1.54) is 21.8 Å². The molecule has 0 bridgehead atoms. The van der Waals surface area contributed by atoms with E-state index in [1.807, 2.05) is 41.8 Å². The van der Waals surface area contributed by atoms with Crippen molar-refractivity contribution in [3.63, 3.8) is 0 Å². The highest BCUT2D eigenvalue weighted by atomic mass is 32.1. The number of amides is 2. The van der Waals surface area contributed by atoms with E-state index in [-0.39, 0.29) is 18.4 Å². The fourth-order valence-corrected chi connectivity index (χ4v) is 4.99. The lowest BCUT2D eigenvalue weighted by Crippen LogP contribution is -2.47. The van der Waals surface area contributed by atoms with Gasteiger partial charge >= 0.3 is 0 Å². The van der Waals surface area contributed by atoms with Gasteiger partial charge in [0, 0.05) is 28.9 Å². The number of thiazole rings is 2. The maximum Gasteiger partial charge on any atom is 0.268 e. The molecule has 0 radical (unpaired) electrons. The maximum atomic E-state index is 12.9. The number of nitrogens with zero attached hydrogens (tertiary/aromatic N) is 3. The van der Waals surface area contributed by atoms with Gasteiger partial charge in [0.15, 0.2) is 11.2 Å². The van der Waals surface area contributed by atoms with E-state index in [0.29, 0.717) is 16.6 Å². The molecule has 5 rings (SSSR count). The maximum absolute atomic E-state index is 12.9. The number of aromatic nitrogens is 2. The SMILES string of the molecule is CC1Oc2ccc(-c3csc(Cc4ccccc4)n3)cc2N(CC(=O)Nc2nccs2)C1=O. The third-order valence-electron chi connectivity index (χ3n) is 5.19. The molecular weight excluding hydrogens is 456 g/mol. The van der Waals surface area contributed by atoms with Crippen molar-refractivity contribution in [3.05, 3.63) is 76.1 Å². The van der Waals surface area contributed by atoms with Gasteiger partial charge in [-0.1, -0.05) is 30.3 Å². The number of carbonyl (C=O) groups excluding carboxylic acids is 2. The van der Waals surface area contributed by atoms with Crippen molar-refractivity contribution in [2.24, 2.45) is 0 Å². The summed E-state index contributed by atoms with van der Waals surface area (Å²) in [5, 5.41) is 8.02. The van der Waals surface area contributed by atoms with Gasteiger partial charge in [0.05, 0.1) is 16.4 Å². The molecule has 0 saturated heterocycles. The number of rotatable bonds is 6. The molecule has 4 aromatic rings. The largest absolute Gasteiger partial charge is 0.479 e. The van der Waals surface area contributed by atoms with Gasteiger partial charge in [-0.15, -0.1) is 22.7 Å². The summed E-state index contributed by atoms with van der Waals surface area (Å²) >= 11 is 2.92. The summed E-state index contributed by atoms with van der Waals surface area (Å²) in [5.41, 5.74) is 3.45. The number of nitrogens with one attached hydrogen (secondary N) is 1. The van der Waals surface area contributed by atoms with Crippen molar-refractivity contribution >= 4 is 45.3 Å². The average Bonchev–Trinajstić information content (AvgIpc) is 3.50. The molecule has 33 heavy (non-hydrogen) atoms. The van der Waals surface area contributed by atoms with E-state index < -0.39 is 6.10 Å². The van der Waals surface area contributed by atoms with Crippen molar-refractivity contribution < 1.29 is 14.3 Å². The lowest BCUT2D eigenvalue weighted by Gasteiger charge is -2.32. The van der Waals surface area contributed by atoms with Crippen molar-refractivity contribution in [2.75, 3.05) is 16.8 Å². The number of hydrogen-bond donors (Lipinski definition) is 1. The molecule has 0 aliphatic carbocycles. The standard InChI is InChI=1S/C24H20N4O3S2/c1-15-23(30)28(13-21(29)27-24-25-9-10-32-24)19-12-17(7-8-20(19)31-15)18-14-33-22(26-18)11-16-5-3-2-4-6-16/h2-10,12,14-15H,11,13H2,1H3,(H,25,27,29). The van der Waals surface area contributed by atoms with Crippen LogP contribution in [0, 0.1) is 0 Å². The number of fused-ring (bicyclic) bond motifs is 1. The Bertz CT molecular complexity index is 1290. The molecule has 0 spiro atoms. The van der Waals surface area contributed by atoms with Crippen LogP contribution in [0.5, 0.6) is 5.75 Å². The number of ether oxygens (including phenoxy) is 1. The van der Waals surface area contributed by atoms with Gasteiger partial charge in [-0.2, -0.15) is 0 Å². The predicted molar refractivity (Wildman–Crippen MR) is 130 cm³/mol. The summed E-state index contributed by atoms with van der Waals surface area (Å²) in [6, 6.07) is 15.8. The highest BCUT2D eigenvalue weighted by Crippen LogP contribution is 2.38. The highest BCUT2D eigenvalue weighted by molar-refractivity contribution is 7.13. The fourth-order valence-electron chi connectivity index (χ4n) is 3.61. The van der Waals surface area contributed by atoms with Crippen LogP contribution in [0.4, 0.5) is 10.8 Å². The monoisotopic (exact) mass is 476 g/mol. The molecule has 2 aromatic heterocycles. The second-order valence-electron chi connectivity index (χ2n) is 7.54. The van der Waals surface area contributed by atoms with Crippen molar-refractivity contribution in [2.45, 2.75) is 19.4 Å². The van der Waals surface area contributed by atoms with Crippen LogP contribution in [-0.4, -0.2) is 34.4 Å². The molecule has 1 N–H and O–H groups in total. The average molecular weight is 477 g/mol. The Morgan fingerprint density at radius 1 is 1.18 bits per heavy atom. The first-order valence-electron chi connectivity index (χ1n) is 10.4. The van der Waals surface area contributed by atoms with Gasteiger partial charge in [0.25, 0.3) is 5.91 Å². The molecule has 0 saturated carbocycles. The van der Waals surface area contributed by atoms with Crippen LogP contribution < -0.4 is 15.0 Å². The lowest BCUT2D eigenvalue weighted by atomic mass is 10.1. The first-order valence-corrected chi connectivity index (χ1v) is 12.1. The van der Waals surface area contributed by atoms with Gasteiger partial charge in [0.2, 0.25) is 5.91 Å². The molecule has 1 unspecified atom stereocenters. The summed E-state index contributed by atoms with van der Waals surface area (Å²) in [6.07, 6.45) is 1.70. The minimum atomic E-state index is -0.673. The molecule has 1 aliphatic rings. The number of anilines is 2. The molecule has 1 aliphatic heterocycles. The quantitative estimate of drug-likeness (QED) is 0.439. The number of carbonyl (C=O) groups is 2. The van der Waals surface area contributed by atoms with Gasteiger partial charge in [-0.3, -0.25) is 14.5 Å². The van der Waals surface area contributed by atoms with Crippen LogP contribution >= 0.6 is 22.7 Å². The molecular formula is C24H20N4O3S2. The van der Waals surface area contributed by atoms with Crippen LogP contribution in [0.1, 0.15) is 17.5 Å². The first kappa shape index (κ1) is 21.3. The van der Waals surface area contributed by atoms with E-state index in [1.54, 1.807) is 29.8 Å². The Morgan fingerprint density at radius 3 is 2.82 bits per heavy atom. The van der Waals surface area contributed by atoms with Gasteiger partial charge in [-0.05, 0) is 30.7 Å². The van der Waals surface area contributed by atoms with Crippen LogP contribution in [0.15, 0.2) is 65.5 Å². The zero-order valence-electron chi connectivity index (χ0n) is 17.7. The molecule has 9 heteroatoms. The Hall–Kier alpha value is -3.56.